The molecule has 19 heavy (non-hydrogen) atoms. The number of carbonyl (C=O) groups excluding carboxylic acids is 2. The molecule has 1 radical (unpaired) electrons. The minimum absolute atomic E-state index is 0.297. The molecule has 0 fully saturated rings. The van der Waals surface area contributed by atoms with Crippen molar-refractivity contribution in [3.05, 3.63) is 64.1 Å². The Morgan fingerprint density at radius 1 is 1.05 bits per heavy atom. The van der Waals surface area contributed by atoms with Crippen molar-refractivity contribution in [2.24, 2.45) is 0 Å². The Bertz CT molecular complexity index is 624. The van der Waals surface area contributed by atoms with E-state index in [1.54, 1.807) is 30.3 Å². The summed E-state index contributed by atoms with van der Waals surface area (Å²) in [6.07, 6.45) is 0. The van der Waals surface area contributed by atoms with Crippen molar-refractivity contribution in [1.82, 2.24) is 5.32 Å². The lowest BCUT2D eigenvalue weighted by Gasteiger charge is -2.05. The molecule has 0 saturated carbocycles. The van der Waals surface area contributed by atoms with E-state index in [0.29, 0.717) is 16.8 Å². The van der Waals surface area contributed by atoms with Crippen LogP contribution in [0.2, 0.25) is 0 Å². The number of benzene rings is 2. The van der Waals surface area contributed by atoms with Gasteiger partial charge in [0.05, 0.1) is 0 Å². The van der Waals surface area contributed by atoms with Crippen molar-refractivity contribution >= 4 is 33.4 Å². The van der Waals surface area contributed by atoms with Crippen molar-refractivity contribution in [2.75, 3.05) is 5.73 Å². The summed E-state index contributed by atoms with van der Waals surface area (Å²) in [7, 11) is 0. The van der Waals surface area contributed by atoms with Crippen molar-refractivity contribution in [2.45, 2.75) is 0 Å². The van der Waals surface area contributed by atoms with Gasteiger partial charge in [0.25, 0.3) is 11.8 Å². The number of anilines is 1. The zero-order valence-electron chi connectivity index (χ0n) is 9.81. The fourth-order valence-electron chi connectivity index (χ4n) is 1.47. The lowest BCUT2D eigenvalue weighted by molar-refractivity contribution is 0.0849. The van der Waals surface area contributed by atoms with Gasteiger partial charge in [-0.25, -0.2) is 0 Å². The Kier molecular flexibility index (Phi) is 3.97. The Morgan fingerprint density at radius 3 is 2.32 bits per heavy atom. The predicted molar refractivity (Wildman–Crippen MR) is 75.6 cm³/mol. The summed E-state index contributed by atoms with van der Waals surface area (Å²) in [5, 5.41) is 2.29. The molecular formula is C14H10BrN2O2. The van der Waals surface area contributed by atoms with Gasteiger partial charge in [-0.15, -0.1) is 0 Å². The maximum absolute atomic E-state index is 11.8. The highest BCUT2D eigenvalue weighted by atomic mass is 79.9. The third-order valence-electron chi connectivity index (χ3n) is 2.41. The van der Waals surface area contributed by atoms with Crippen LogP contribution in [0.4, 0.5) is 5.69 Å². The molecular weight excluding hydrogens is 308 g/mol. The Hall–Kier alpha value is -2.14. The maximum Gasteiger partial charge on any atom is 0.258 e. The molecule has 2 aromatic carbocycles. The summed E-state index contributed by atoms with van der Waals surface area (Å²) in [6, 6.07) is 13.9. The van der Waals surface area contributed by atoms with Gasteiger partial charge in [-0.05, 0) is 48.5 Å². The molecule has 0 aliphatic rings. The molecule has 5 heteroatoms. The van der Waals surface area contributed by atoms with Crippen LogP contribution in [0, 0.1) is 6.07 Å². The van der Waals surface area contributed by atoms with Crippen molar-refractivity contribution in [3.63, 3.8) is 0 Å². The van der Waals surface area contributed by atoms with E-state index < -0.39 is 11.8 Å². The zero-order chi connectivity index (χ0) is 13.8. The van der Waals surface area contributed by atoms with Gasteiger partial charge in [-0.3, -0.25) is 14.9 Å². The van der Waals surface area contributed by atoms with E-state index in [0.717, 1.165) is 4.47 Å². The van der Waals surface area contributed by atoms with Gasteiger partial charge in [-0.2, -0.15) is 0 Å². The molecule has 0 saturated heterocycles. The molecule has 3 N–H and O–H groups in total. The highest BCUT2D eigenvalue weighted by molar-refractivity contribution is 9.10. The number of halogens is 1. The standard InChI is InChI=1S/C14H10BrN2O2/c15-11-6-4-9(5-7-11)13(18)17-14(19)10-2-1-3-12(16)8-10/h2-8H,16H2,(H,17,18,19). The topological polar surface area (TPSA) is 72.2 Å². The number of hydrogen-bond acceptors (Lipinski definition) is 3. The number of amides is 2. The molecule has 0 atom stereocenters. The first kappa shape index (κ1) is 13.3. The average molecular weight is 318 g/mol. The molecule has 2 aromatic rings. The lowest BCUT2D eigenvalue weighted by atomic mass is 10.1. The van der Waals surface area contributed by atoms with Crippen LogP contribution in [0.25, 0.3) is 0 Å². The predicted octanol–water partition coefficient (Wildman–Crippen LogP) is 2.40. The van der Waals surface area contributed by atoms with Crippen LogP contribution in [0.3, 0.4) is 0 Å². The summed E-state index contributed by atoms with van der Waals surface area (Å²) < 4.78 is 0.862. The zero-order valence-corrected chi connectivity index (χ0v) is 11.4. The summed E-state index contributed by atoms with van der Waals surface area (Å²) >= 11 is 3.27. The van der Waals surface area contributed by atoms with Crippen LogP contribution in [-0.2, 0) is 0 Å². The Balaban J connectivity index is 2.11. The molecule has 2 amide bonds. The molecule has 0 aliphatic carbocycles. The maximum atomic E-state index is 11.8. The van der Waals surface area contributed by atoms with Gasteiger partial charge in [0.15, 0.2) is 0 Å². The molecule has 0 aliphatic heterocycles. The van der Waals surface area contributed by atoms with Gasteiger partial charge in [0.1, 0.15) is 0 Å². The first-order valence-electron chi connectivity index (χ1n) is 5.44. The van der Waals surface area contributed by atoms with Crippen LogP contribution < -0.4 is 11.1 Å². The number of nitrogens with two attached hydrogens (primary N) is 1. The Morgan fingerprint density at radius 2 is 1.68 bits per heavy atom. The van der Waals surface area contributed by atoms with Gasteiger partial charge in [0, 0.05) is 21.3 Å². The average Bonchev–Trinajstić information content (AvgIpc) is 2.39. The van der Waals surface area contributed by atoms with E-state index in [4.69, 9.17) is 5.73 Å². The summed E-state index contributed by atoms with van der Waals surface area (Å²) in [5.41, 5.74) is 6.68. The molecule has 95 valence electrons. The SMILES string of the molecule is Nc1c[c]cc(C(=O)NC(=O)c2ccc(Br)cc2)c1. The first-order valence-corrected chi connectivity index (χ1v) is 6.23. The molecule has 0 unspecified atom stereocenters. The van der Waals surface area contributed by atoms with Crippen molar-refractivity contribution in [1.29, 1.82) is 0 Å². The number of rotatable bonds is 2. The monoisotopic (exact) mass is 317 g/mol. The number of carbonyl (C=O) groups is 2. The number of hydrogen-bond donors (Lipinski definition) is 2. The lowest BCUT2D eigenvalue weighted by Crippen LogP contribution is -2.30. The Labute approximate surface area is 118 Å². The quantitative estimate of drug-likeness (QED) is 0.660. The molecule has 0 aromatic heterocycles. The van der Waals surface area contributed by atoms with E-state index in [2.05, 4.69) is 27.3 Å². The second-order valence-corrected chi connectivity index (χ2v) is 4.76. The largest absolute Gasteiger partial charge is 0.399 e. The summed E-state index contributed by atoms with van der Waals surface area (Å²) in [6.45, 7) is 0. The van der Waals surface area contributed by atoms with Crippen LogP contribution in [0.15, 0.2) is 46.9 Å². The van der Waals surface area contributed by atoms with Crippen molar-refractivity contribution in [3.8, 4) is 0 Å². The third kappa shape index (κ3) is 3.42. The van der Waals surface area contributed by atoms with E-state index in [1.165, 1.54) is 12.1 Å². The fraction of sp³-hybridized carbons (Fsp3) is 0. The van der Waals surface area contributed by atoms with E-state index in [1.807, 2.05) is 0 Å². The van der Waals surface area contributed by atoms with Gasteiger partial charge >= 0.3 is 0 Å². The van der Waals surface area contributed by atoms with Gasteiger partial charge < -0.3 is 5.73 Å². The second-order valence-electron chi connectivity index (χ2n) is 3.85. The smallest absolute Gasteiger partial charge is 0.258 e. The van der Waals surface area contributed by atoms with Gasteiger partial charge in [-0.1, -0.05) is 15.9 Å². The van der Waals surface area contributed by atoms with Gasteiger partial charge in [0.2, 0.25) is 0 Å². The van der Waals surface area contributed by atoms with Crippen LogP contribution in [0.1, 0.15) is 20.7 Å². The second kappa shape index (κ2) is 5.67. The van der Waals surface area contributed by atoms with Crippen LogP contribution in [-0.4, -0.2) is 11.8 Å². The van der Waals surface area contributed by atoms with E-state index >= 15 is 0 Å². The number of nitrogens with one attached hydrogen (secondary N) is 1. The number of nitrogen functional groups attached to an aromatic ring is 1. The summed E-state index contributed by atoms with van der Waals surface area (Å²) in [4.78, 5) is 23.7. The highest BCUT2D eigenvalue weighted by Gasteiger charge is 2.12. The minimum Gasteiger partial charge on any atom is -0.399 e. The molecule has 0 bridgehead atoms. The molecule has 0 heterocycles. The molecule has 2 rings (SSSR count). The first-order chi connectivity index (χ1) is 9.06. The summed E-state index contributed by atoms with van der Waals surface area (Å²) in [5.74, 6) is -0.962. The molecule has 4 nitrogen and oxygen atoms in total. The van der Waals surface area contributed by atoms with Crippen LogP contribution >= 0.6 is 15.9 Å². The minimum atomic E-state index is -0.503. The fourth-order valence-corrected chi connectivity index (χ4v) is 1.73. The van der Waals surface area contributed by atoms with E-state index in [9.17, 15) is 9.59 Å². The molecule has 0 spiro atoms. The van der Waals surface area contributed by atoms with Crippen molar-refractivity contribution < 1.29 is 9.59 Å². The van der Waals surface area contributed by atoms with E-state index in [-0.39, 0.29) is 0 Å². The highest BCUT2D eigenvalue weighted by Crippen LogP contribution is 2.11. The third-order valence-corrected chi connectivity index (χ3v) is 2.94. The number of imide groups is 1. The normalized spacial score (nSPS) is 9.95. The van der Waals surface area contributed by atoms with Crippen LogP contribution in [0.5, 0.6) is 0 Å².